The van der Waals surface area contributed by atoms with Gasteiger partial charge >= 0.3 is 17.9 Å². The van der Waals surface area contributed by atoms with Gasteiger partial charge in [-0.1, -0.05) is 265 Å². The maximum Gasteiger partial charge on any atom is 0.306 e. The summed E-state index contributed by atoms with van der Waals surface area (Å²) in [6, 6.07) is 0. The van der Waals surface area contributed by atoms with Crippen LogP contribution in [0.3, 0.4) is 0 Å². The minimum atomic E-state index is -0.759. The SMILES string of the molecule is CCCCCCCCCCCCCCCCCCCCC(=O)OC[C@H](COC(=O)CCCCCCCCCCCCCC)OC(=O)CCCCCCCCCCCCC. The molecule has 0 spiro atoms. The molecule has 0 saturated heterocycles. The fraction of sp³-hybridized carbons (Fsp3) is 0.943. The number of unbranched alkanes of at least 4 members (excludes halogenated alkanes) is 38. The Bertz CT molecular complexity index is 874. The van der Waals surface area contributed by atoms with Crippen LogP contribution in [0.5, 0.6) is 0 Å². The molecule has 6 heteroatoms. The summed E-state index contributed by atoms with van der Waals surface area (Å²) >= 11 is 0. The van der Waals surface area contributed by atoms with Gasteiger partial charge in [-0.2, -0.15) is 0 Å². The van der Waals surface area contributed by atoms with Crippen molar-refractivity contribution in [2.45, 2.75) is 309 Å². The summed E-state index contributed by atoms with van der Waals surface area (Å²) in [6.45, 7) is 6.68. The topological polar surface area (TPSA) is 78.9 Å². The van der Waals surface area contributed by atoms with Crippen molar-refractivity contribution < 1.29 is 28.6 Å². The van der Waals surface area contributed by atoms with Crippen molar-refractivity contribution in [3.8, 4) is 0 Å². The standard InChI is InChI=1S/C53H102O6/c1-4-7-10-13-16-19-22-24-25-26-27-28-29-32-34-37-40-43-46-52(55)58-49-50(59-53(56)47-44-41-38-35-30-21-18-15-12-9-6-3)48-57-51(54)45-42-39-36-33-31-23-20-17-14-11-8-5-2/h50H,4-49H2,1-3H3/t50-/m0/s1. The molecule has 0 aromatic rings. The monoisotopic (exact) mass is 835 g/mol. The number of esters is 3. The molecule has 0 fully saturated rings. The van der Waals surface area contributed by atoms with Gasteiger partial charge in [-0.25, -0.2) is 0 Å². The summed E-state index contributed by atoms with van der Waals surface area (Å²) in [5.74, 6) is -0.841. The summed E-state index contributed by atoms with van der Waals surface area (Å²) in [5.41, 5.74) is 0. The number of rotatable bonds is 49. The molecule has 0 heterocycles. The van der Waals surface area contributed by atoms with E-state index in [4.69, 9.17) is 14.2 Å². The lowest BCUT2D eigenvalue weighted by Crippen LogP contribution is -2.30. The van der Waals surface area contributed by atoms with E-state index >= 15 is 0 Å². The maximum atomic E-state index is 12.8. The molecule has 0 bridgehead atoms. The summed E-state index contributed by atoms with van der Waals surface area (Å²) in [5, 5.41) is 0. The second-order valence-corrected chi connectivity index (χ2v) is 18.2. The van der Waals surface area contributed by atoms with Crippen LogP contribution in [0, 0.1) is 0 Å². The molecular weight excluding hydrogens is 733 g/mol. The van der Waals surface area contributed by atoms with Gasteiger partial charge < -0.3 is 14.2 Å². The molecule has 0 saturated carbocycles. The van der Waals surface area contributed by atoms with E-state index in [-0.39, 0.29) is 31.1 Å². The van der Waals surface area contributed by atoms with Crippen molar-refractivity contribution in [2.24, 2.45) is 0 Å². The number of carbonyl (C=O) groups excluding carboxylic acids is 3. The quantitative estimate of drug-likeness (QED) is 0.0345. The van der Waals surface area contributed by atoms with Gasteiger partial charge in [0.1, 0.15) is 13.2 Å². The van der Waals surface area contributed by atoms with Gasteiger partial charge in [0.05, 0.1) is 0 Å². The molecule has 6 nitrogen and oxygen atoms in total. The molecular formula is C53H102O6. The van der Waals surface area contributed by atoms with E-state index in [1.165, 1.54) is 205 Å². The van der Waals surface area contributed by atoms with Gasteiger partial charge in [0.2, 0.25) is 0 Å². The first-order valence-electron chi connectivity index (χ1n) is 26.5. The Labute approximate surface area is 368 Å². The normalized spacial score (nSPS) is 11.8. The first-order valence-corrected chi connectivity index (χ1v) is 26.5. The summed E-state index contributed by atoms with van der Waals surface area (Å²) < 4.78 is 16.8. The van der Waals surface area contributed by atoms with Crippen molar-refractivity contribution in [3.63, 3.8) is 0 Å². The third-order valence-corrected chi connectivity index (χ3v) is 12.1. The average molecular weight is 835 g/mol. The molecule has 0 aliphatic rings. The van der Waals surface area contributed by atoms with E-state index in [9.17, 15) is 14.4 Å². The minimum Gasteiger partial charge on any atom is -0.462 e. The van der Waals surface area contributed by atoms with Gasteiger partial charge in [-0.3, -0.25) is 14.4 Å². The number of hydrogen-bond acceptors (Lipinski definition) is 6. The van der Waals surface area contributed by atoms with Crippen LogP contribution in [0.1, 0.15) is 303 Å². The zero-order valence-corrected chi connectivity index (χ0v) is 40.1. The molecule has 0 N–H and O–H groups in total. The third-order valence-electron chi connectivity index (χ3n) is 12.1. The molecule has 1 atom stereocenters. The molecule has 0 aliphatic heterocycles. The van der Waals surface area contributed by atoms with Gasteiger partial charge in [0.25, 0.3) is 0 Å². The Morgan fingerprint density at radius 3 is 0.678 bits per heavy atom. The predicted octanol–water partition coefficient (Wildman–Crippen LogP) is 17.2. The predicted molar refractivity (Wildman–Crippen MR) is 252 cm³/mol. The highest BCUT2D eigenvalue weighted by molar-refractivity contribution is 5.71. The molecule has 350 valence electrons. The van der Waals surface area contributed by atoms with Crippen molar-refractivity contribution in [1.82, 2.24) is 0 Å². The lowest BCUT2D eigenvalue weighted by molar-refractivity contribution is -0.167. The highest BCUT2D eigenvalue weighted by atomic mass is 16.6. The van der Waals surface area contributed by atoms with Crippen LogP contribution in [-0.4, -0.2) is 37.2 Å². The van der Waals surface area contributed by atoms with Crippen molar-refractivity contribution >= 4 is 17.9 Å². The molecule has 59 heavy (non-hydrogen) atoms. The Morgan fingerprint density at radius 2 is 0.458 bits per heavy atom. The highest BCUT2D eigenvalue weighted by Gasteiger charge is 2.19. The molecule has 0 amide bonds. The average Bonchev–Trinajstić information content (AvgIpc) is 3.23. The van der Waals surface area contributed by atoms with E-state index in [0.29, 0.717) is 19.3 Å². The van der Waals surface area contributed by atoms with E-state index in [1.54, 1.807) is 0 Å². The largest absolute Gasteiger partial charge is 0.462 e. The van der Waals surface area contributed by atoms with Crippen LogP contribution < -0.4 is 0 Å². The minimum absolute atomic E-state index is 0.0617. The maximum absolute atomic E-state index is 12.8. The van der Waals surface area contributed by atoms with Crippen molar-refractivity contribution in [1.29, 1.82) is 0 Å². The molecule has 0 aromatic heterocycles. The van der Waals surface area contributed by atoms with Crippen LogP contribution in [0.4, 0.5) is 0 Å². The number of ether oxygens (including phenoxy) is 3. The highest BCUT2D eigenvalue weighted by Crippen LogP contribution is 2.17. The summed E-state index contributed by atoms with van der Waals surface area (Å²) in [4.78, 5) is 37.9. The number of carbonyl (C=O) groups is 3. The summed E-state index contributed by atoms with van der Waals surface area (Å²) in [6.07, 6.45) is 52.3. The van der Waals surface area contributed by atoms with E-state index in [2.05, 4.69) is 20.8 Å². The fourth-order valence-corrected chi connectivity index (χ4v) is 8.09. The molecule has 0 aliphatic carbocycles. The summed E-state index contributed by atoms with van der Waals surface area (Å²) in [7, 11) is 0. The van der Waals surface area contributed by atoms with E-state index in [0.717, 1.165) is 57.8 Å². The van der Waals surface area contributed by atoms with Crippen molar-refractivity contribution in [2.75, 3.05) is 13.2 Å². The zero-order valence-electron chi connectivity index (χ0n) is 40.1. The molecule has 0 unspecified atom stereocenters. The molecule has 0 rings (SSSR count). The van der Waals surface area contributed by atoms with E-state index < -0.39 is 6.10 Å². The van der Waals surface area contributed by atoms with Gasteiger partial charge in [-0.05, 0) is 19.3 Å². The zero-order chi connectivity index (χ0) is 43.0. The fourth-order valence-electron chi connectivity index (χ4n) is 8.09. The Kier molecular flexibility index (Phi) is 47.7. The Morgan fingerprint density at radius 1 is 0.271 bits per heavy atom. The second-order valence-electron chi connectivity index (χ2n) is 18.2. The lowest BCUT2D eigenvalue weighted by atomic mass is 10.0. The smallest absolute Gasteiger partial charge is 0.306 e. The van der Waals surface area contributed by atoms with Crippen LogP contribution in [0.2, 0.25) is 0 Å². The Hall–Kier alpha value is -1.59. The van der Waals surface area contributed by atoms with Gasteiger partial charge in [0, 0.05) is 19.3 Å². The third kappa shape index (κ3) is 47.3. The Balaban J connectivity index is 4.24. The van der Waals surface area contributed by atoms with Gasteiger partial charge in [-0.15, -0.1) is 0 Å². The van der Waals surface area contributed by atoms with Crippen LogP contribution in [0.15, 0.2) is 0 Å². The first kappa shape index (κ1) is 57.4. The second kappa shape index (κ2) is 49.1. The molecule has 0 aromatic carbocycles. The lowest BCUT2D eigenvalue weighted by Gasteiger charge is -2.18. The van der Waals surface area contributed by atoms with Crippen LogP contribution in [-0.2, 0) is 28.6 Å². The van der Waals surface area contributed by atoms with Gasteiger partial charge in [0.15, 0.2) is 6.10 Å². The van der Waals surface area contributed by atoms with Crippen molar-refractivity contribution in [3.05, 3.63) is 0 Å². The van der Waals surface area contributed by atoms with E-state index in [1.807, 2.05) is 0 Å². The molecule has 0 radical (unpaired) electrons. The van der Waals surface area contributed by atoms with Crippen LogP contribution in [0.25, 0.3) is 0 Å². The van der Waals surface area contributed by atoms with Crippen LogP contribution >= 0.6 is 0 Å². The number of hydrogen-bond donors (Lipinski definition) is 0. The first-order chi connectivity index (χ1) is 29.0.